The number of nitriles is 2. The molecule has 0 radical (unpaired) electrons. The normalized spacial score (nSPS) is 14.2. The molecule has 5 rings (SSSR count). The van der Waals surface area contributed by atoms with Crippen molar-refractivity contribution in [3.8, 4) is 39.6 Å². The first-order valence-electron chi connectivity index (χ1n) is 17.1. The van der Waals surface area contributed by atoms with Crippen molar-refractivity contribution in [2.45, 2.75) is 62.9 Å². The van der Waals surface area contributed by atoms with Crippen molar-refractivity contribution < 1.29 is 19.1 Å². The highest BCUT2D eigenvalue weighted by Crippen LogP contribution is 2.40. The van der Waals surface area contributed by atoms with Gasteiger partial charge in [0.25, 0.3) is 0 Å². The fraction of sp³-hybridized carbons (Fsp3) is 0.368. The third kappa shape index (κ3) is 9.41. The van der Waals surface area contributed by atoms with Gasteiger partial charge in [0.1, 0.15) is 58.6 Å². The number of hydrogen-bond donors (Lipinski definition) is 2. The zero-order valence-corrected chi connectivity index (χ0v) is 31.6. The van der Waals surface area contributed by atoms with Crippen LogP contribution in [0.25, 0.3) is 21.7 Å². The molecule has 0 spiro atoms. The van der Waals surface area contributed by atoms with E-state index in [9.17, 15) is 20.1 Å². The van der Waals surface area contributed by atoms with E-state index in [4.69, 9.17) is 36.8 Å². The van der Waals surface area contributed by atoms with Crippen molar-refractivity contribution in [1.29, 1.82) is 10.5 Å². The van der Waals surface area contributed by atoms with E-state index in [-0.39, 0.29) is 19.1 Å². The number of aromatic nitrogens is 2. The standard InChI is InChI=1S/C38H40ClN7O4S2/c1-4-23(2)33(42)35(47)43-24(3)38(48)50-18-17-49-29-13-9-25(10-14-29)32-30(19-40)34(46-15-5-6-16-46)45-37(31(32)20-41)52-22-28-21-51-36(44-28)26-7-11-27(39)12-8-26/h7-14,21,23-24,33H,4-6,15-18,22,42H2,1-3H3,(H,43,47)/t23?,24-,33-/m0/s1. The van der Waals surface area contributed by atoms with E-state index in [1.54, 1.807) is 31.2 Å². The predicted octanol–water partition coefficient (Wildman–Crippen LogP) is 6.96. The molecule has 1 aliphatic rings. The van der Waals surface area contributed by atoms with E-state index < -0.39 is 24.0 Å². The molecule has 1 amide bonds. The van der Waals surface area contributed by atoms with Crippen LogP contribution in [0.15, 0.2) is 58.9 Å². The van der Waals surface area contributed by atoms with Crippen molar-refractivity contribution in [1.82, 2.24) is 15.3 Å². The van der Waals surface area contributed by atoms with E-state index in [0.29, 0.717) is 49.6 Å². The molecular weight excluding hydrogens is 718 g/mol. The van der Waals surface area contributed by atoms with Gasteiger partial charge >= 0.3 is 5.97 Å². The van der Waals surface area contributed by atoms with Crippen LogP contribution in [0.5, 0.6) is 5.75 Å². The maximum atomic E-state index is 12.4. The molecule has 0 aliphatic carbocycles. The Bertz CT molecular complexity index is 1950. The molecule has 1 fully saturated rings. The number of nitrogens with two attached hydrogens (primary N) is 1. The molecule has 11 nitrogen and oxygen atoms in total. The predicted molar refractivity (Wildman–Crippen MR) is 204 cm³/mol. The number of nitrogens with one attached hydrogen (secondary N) is 1. The lowest BCUT2D eigenvalue weighted by atomic mass is 9.96. The number of halogens is 1. The molecule has 0 saturated carbocycles. The Morgan fingerprint density at radius 3 is 2.35 bits per heavy atom. The first kappa shape index (κ1) is 38.6. The van der Waals surface area contributed by atoms with Crippen LogP contribution in [0.1, 0.15) is 56.9 Å². The largest absolute Gasteiger partial charge is 0.490 e. The van der Waals surface area contributed by atoms with Gasteiger partial charge < -0.3 is 25.4 Å². The van der Waals surface area contributed by atoms with Crippen molar-refractivity contribution in [3.63, 3.8) is 0 Å². The molecule has 1 unspecified atom stereocenters. The molecular formula is C38H40ClN7O4S2. The molecule has 52 heavy (non-hydrogen) atoms. The summed E-state index contributed by atoms with van der Waals surface area (Å²) in [6, 6.07) is 17.8. The number of hydrogen-bond acceptors (Lipinski definition) is 12. The van der Waals surface area contributed by atoms with Crippen LogP contribution in [0.3, 0.4) is 0 Å². The van der Waals surface area contributed by atoms with Gasteiger partial charge in [0.05, 0.1) is 17.3 Å². The third-order valence-corrected chi connectivity index (χ3v) is 11.0. The quantitative estimate of drug-likeness (QED) is 0.0731. The molecule has 270 valence electrons. The fourth-order valence-electron chi connectivity index (χ4n) is 5.58. The molecule has 14 heteroatoms. The number of thiazole rings is 1. The molecule has 1 saturated heterocycles. The summed E-state index contributed by atoms with van der Waals surface area (Å²) in [5.41, 5.74) is 9.67. The first-order chi connectivity index (χ1) is 25.1. The Morgan fingerprint density at radius 1 is 1.02 bits per heavy atom. The lowest BCUT2D eigenvalue weighted by Gasteiger charge is -2.22. The molecule has 4 aromatic rings. The summed E-state index contributed by atoms with van der Waals surface area (Å²) in [5.74, 6) is 0.577. The number of anilines is 1. The fourth-order valence-corrected chi connectivity index (χ4v) is 7.51. The molecule has 3 heterocycles. The third-order valence-electron chi connectivity index (χ3n) is 8.79. The molecule has 2 aromatic heterocycles. The Hall–Kier alpha value is -4.66. The number of rotatable bonds is 15. The molecule has 3 atom stereocenters. The summed E-state index contributed by atoms with van der Waals surface area (Å²) in [4.78, 5) is 36.6. The summed E-state index contributed by atoms with van der Waals surface area (Å²) < 4.78 is 11.1. The van der Waals surface area contributed by atoms with Crippen molar-refractivity contribution in [2.24, 2.45) is 11.7 Å². The average Bonchev–Trinajstić information content (AvgIpc) is 3.88. The maximum absolute atomic E-state index is 12.4. The zero-order chi connectivity index (χ0) is 37.2. The molecule has 1 aliphatic heterocycles. The number of pyridine rings is 1. The van der Waals surface area contributed by atoms with Crippen LogP contribution >= 0.6 is 34.7 Å². The second kappa shape index (κ2) is 18.2. The lowest BCUT2D eigenvalue weighted by molar-refractivity contribution is -0.148. The number of carbonyl (C=O) groups is 2. The number of esters is 1. The Morgan fingerprint density at radius 2 is 1.69 bits per heavy atom. The Kier molecular flexibility index (Phi) is 13.5. The SMILES string of the molecule is CCC(C)[C@H](N)C(=O)N[C@@H](C)C(=O)OCCOc1ccc(-c2c(C#N)c(SCc3csc(-c4ccc(Cl)cc4)n3)nc(N3CCCC3)c2C#N)cc1. The minimum absolute atomic E-state index is 0.0165. The molecule has 2 aromatic carbocycles. The number of ether oxygens (including phenoxy) is 2. The summed E-state index contributed by atoms with van der Waals surface area (Å²) in [7, 11) is 0. The van der Waals surface area contributed by atoms with Gasteiger partial charge in [-0.05, 0) is 55.5 Å². The number of thioether (sulfide) groups is 1. The van der Waals surface area contributed by atoms with Gasteiger partial charge in [0.15, 0.2) is 0 Å². The second-order valence-electron chi connectivity index (χ2n) is 12.4. The summed E-state index contributed by atoms with van der Waals surface area (Å²) >= 11 is 9.02. The molecule has 3 N–H and O–H groups in total. The summed E-state index contributed by atoms with van der Waals surface area (Å²) in [6.45, 7) is 6.98. The van der Waals surface area contributed by atoms with Gasteiger partial charge in [-0.25, -0.2) is 14.8 Å². The van der Waals surface area contributed by atoms with Crippen LogP contribution in [0.4, 0.5) is 5.82 Å². The van der Waals surface area contributed by atoms with E-state index in [2.05, 4.69) is 22.4 Å². The minimum Gasteiger partial charge on any atom is -0.490 e. The number of carbonyl (C=O) groups excluding carboxylic acids is 2. The van der Waals surface area contributed by atoms with Crippen LogP contribution in [-0.4, -0.2) is 60.2 Å². The van der Waals surface area contributed by atoms with Gasteiger partial charge in [-0.15, -0.1) is 11.3 Å². The highest BCUT2D eigenvalue weighted by Gasteiger charge is 2.27. The van der Waals surface area contributed by atoms with E-state index in [1.165, 1.54) is 23.1 Å². The van der Waals surface area contributed by atoms with Gasteiger partial charge in [-0.1, -0.05) is 67.9 Å². The van der Waals surface area contributed by atoms with Crippen LogP contribution in [0.2, 0.25) is 5.02 Å². The number of benzene rings is 2. The Balaban J connectivity index is 1.29. The van der Waals surface area contributed by atoms with Gasteiger partial charge in [-0.2, -0.15) is 10.5 Å². The van der Waals surface area contributed by atoms with Crippen molar-refractivity contribution in [3.05, 3.63) is 75.8 Å². The van der Waals surface area contributed by atoms with E-state index >= 15 is 0 Å². The summed E-state index contributed by atoms with van der Waals surface area (Å²) in [6.07, 6.45) is 2.74. The van der Waals surface area contributed by atoms with Crippen LogP contribution in [0, 0.1) is 28.6 Å². The monoisotopic (exact) mass is 757 g/mol. The van der Waals surface area contributed by atoms with E-state index in [0.717, 1.165) is 48.6 Å². The zero-order valence-electron chi connectivity index (χ0n) is 29.2. The summed E-state index contributed by atoms with van der Waals surface area (Å²) in [5, 5.41) is 27.5. The van der Waals surface area contributed by atoms with Gasteiger partial charge in [-0.3, -0.25) is 4.79 Å². The van der Waals surface area contributed by atoms with Gasteiger partial charge in [0.2, 0.25) is 5.91 Å². The topological polar surface area (TPSA) is 167 Å². The number of amides is 1. The maximum Gasteiger partial charge on any atom is 0.328 e. The smallest absolute Gasteiger partial charge is 0.328 e. The van der Waals surface area contributed by atoms with Gasteiger partial charge in [0, 0.05) is 40.4 Å². The number of nitrogens with zero attached hydrogens (tertiary/aromatic N) is 5. The highest BCUT2D eigenvalue weighted by molar-refractivity contribution is 7.98. The second-order valence-corrected chi connectivity index (χ2v) is 14.7. The average molecular weight is 758 g/mol. The highest BCUT2D eigenvalue weighted by atomic mass is 35.5. The van der Waals surface area contributed by atoms with Crippen molar-refractivity contribution in [2.75, 3.05) is 31.2 Å². The first-order valence-corrected chi connectivity index (χ1v) is 19.3. The van der Waals surface area contributed by atoms with Crippen molar-refractivity contribution >= 4 is 52.4 Å². The molecule has 0 bridgehead atoms. The van der Waals surface area contributed by atoms with Crippen LogP contribution in [-0.2, 0) is 20.1 Å². The minimum atomic E-state index is -0.854. The van der Waals surface area contributed by atoms with E-state index in [1.807, 2.05) is 43.5 Å². The lowest BCUT2D eigenvalue weighted by Crippen LogP contribution is -2.50. The Labute approximate surface area is 317 Å². The van der Waals surface area contributed by atoms with Crippen LogP contribution < -0.4 is 20.7 Å².